The van der Waals surface area contributed by atoms with Crippen molar-refractivity contribution in [2.75, 3.05) is 11.4 Å². The molecule has 1 aromatic carbocycles. The second-order valence-electron chi connectivity index (χ2n) is 5.99. The molecule has 0 atom stereocenters. The first-order valence-electron chi connectivity index (χ1n) is 7.96. The third-order valence-electron chi connectivity index (χ3n) is 4.13. The molecule has 0 bridgehead atoms. The molecule has 24 heavy (non-hydrogen) atoms. The number of oxazole rings is 1. The number of hydrogen-bond acceptors (Lipinski definition) is 5. The maximum Gasteiger partial charge on any atom is 0.247 e. The molecule has 0 fully saturated rings. The second kappa shape index (κ2) is 6.03. The van der Waals surface area contributed by atoms with Gasteiger partial charge < -0.3 is 9.32 Å². The highest BCUT2D eigenvalue weighted by Gasteiger charge is 2.22. The molecule has 0 aliphatic carbocycles. The van der Waals surface area contributed by atoms with Gasteiger partial charge in [0.25, 0.3) is 0 Å². The van der Waals surface area contributed by atoms with Crippen molar-refractivity contribution < 1.29 is 8.81 Å². The molecular formula is C18H17FN4O. The van der Waals surface area contributed by atoms with Gasteiger partial charge in [0.2, 0.25) is 5.89 Å². The minimum atomic E-state index is -0.213. The van der Waals surface area contributed by atoms with E-state index in [2.05, 4.69) is 19.9 Å². The molecular weight excluding hydrogens is 307 g/mol. The SMILES string of the molecule is Cc1cc(F)cc(N2CCCc3oc(-c4cnccn4)nc3C2)c1. The van der Waals surface area contributed by atoms with Crippen molar-refractivity contribution in [1.82, 2.24) is 15.0 Å². The summed E-state index contributed by atoms with van der Waals surface area (Å²) in [5.41, 5.74) is 3.30. The van der Waals surface area contributed by atoms with Crippen LogP contribution in [0.4, 0.5) is 10.1 Å². The summed E-state index contributed by atoms with van der Waals surface area (Å²) >= 11 is 0. The molecule has 0 radical (unpaired) electrons. The Hall–Kier alpha value is -2.76. The van der Waals surface area contributed by atoms with E-state index in [1.807, 2.05) is 13.0 Å². The van der Waals surface area contributed by atoms with E-state index in [1.54, 1.807) is 24.7 Å². The third-order valence-corrected chi connectivity index (χ3v) is 4.13. The van der Waals surface area contributed by atoms with Gasteiger partial charge in [-0.3, -0.25) is 4.98 Å². The molecule has 0 spiro atoms. The molecule has 4 rings (SSSR count). The monoisotopic (exact) mass is 324 g/mol. The van der Waals surface area contributed by atoms with E-state index < -0.39 is 0 Å². The van der Waals surface area contributed by atoms with E-state index >= 15 is 0 Å². The smallest absolute Gasteiger partial charge is 0.247 e. The first-order chi connectivity index (χ1) is 11.7. The Labute approximate surface area is 139 Å². The number of anilines is 1. The normalized spacial score (nSPS) is 14.3. The third kappa shape index (κ3) is 2.87. The van der Waals surface area contributed by atoms with Crippen molar-refractivity contribution in [3.05, 3.63) is 59.6 Å². The molecule has 0 saturated heterocycles. The highest BCUT2D eigenvalue weighted by atomic mass is 19.1. The standard InChI is InChI=1S/C18H17FN4O/c1-12-7-13(19)9-14(8-12)23-6-2-3-17-16(11-23)22-18(24-17)15-10-20-4-5-21-15/h4-5,7-10H,2-3,6,11H2,1H3. The van der Waals surface area contributed by atoms with Gasteiger partial charge in [-0.05, 0) is 37.1 Å². The number of aromatic nitrogens is 3. The summed E-state index contributed by atoms with van der Waals surface area (Å²) in [6.45, 7) is 3.34. The van der Waals surface area contributed by atoms with E-state index in [0.29, 0.717) is 18.1 Å². The van der Waals surface area contributed by atoms with Gasteiger partial charge in [0.05, 0.1) is 12.7 Å². The van der Waals surface area contributed by atoms with Crippen LogP contribution in [0.25, 0.3) is 11.6 Å². The van der Waals surface area contributed by atoms with Gasteiger partial charge in [-0.15, -0.1) is 0 Å². The lowest BCUT2D eigenvalue weighted by molar-refractivity contribution is 0.511. The van der Waals surface area contributed by atoms with Gasteiger partial charge >= 0.3 is 0 Å². The van der Waals surface area contributed by atoms with Crippen LogP contribution in [0.15, 0.2) is 41.2 Å². The molecule has 0 N–H and O–H groups in total. The summed E-state index contributed by atoms with van der Waals surface area (Å²) in [5.74, 6) is 1.16. The van der Waals surface area contributed by atoms with Gasteiger partial charge in [-0.25, -0.2) is 14.4 Å². The predicted molar refractivity (Wildman–Crippen MR) is 88.0 cm³/mol. The van der Waals surface area contributed by atoms with Crippen molar-refractivity contribution in [3.63, 3.8) is 0 Å². The average Bonchev–Trinajstić information content (AvgIpc) is 2.86. The summed E-state index contributed by atoms with van der Waals surface area (Å²) < 4.78 is 19.6. The molecule has 5 nitrogen and oxygen atoms in total. The van der Waals surface area contributed by atoms with Crippen molar-refractivity contribution >= 4 is 5.69 Å². The molecule has 0 saturated carbocycles. The quantitative estimate of drug-likeness (QED) is 0.722. The molecule has 3 heterocycles. The summed E-state index contributed by atoms with van der Waals surface area (Å²) in [6.07, 6.45) is 6.61. The van der Waals surface area contributed by atoms with Gasteiger partial charge in [0, 0.05) is 31.0 Å². The Morgan fingerprint density at radius 1 is 1.21 bits per heavy atom. The number of halogens is 1. The Morgan fingerprint density at radius 2 is 2.12 bits per heavy atom. The highest BCUT2D eigenvalue weighted by Crippen LogP contribution is 2.28. The van der Waals surface area contributed by atoms with Gasteiger partial charge in [-0.2, -0.15) is 0 Å². The molecule has 1 aliphatic rings. The largest absolute Gasteiger partial charge is 0.439 e. The molecule has 122 valence electrons. The number of fused-ring (bicyclic) bond motifs is 1. The maximum atomic E-state index is 13.7. The summed E-state index contributed by atoms with van der Waals surface area (Å²) in [5, 5.41) is 0. The number of aryl methyl sites for hydroxylation is 2. The van der Waals surface area contributed by atoms with Gasteiger partial charge in [0.1, 0.15) is 23.0 Å². The molecule has 3 aromatic rings. The van der Waals surface area contributed by atoms with Crippen molar-refractivity contribution in [1.29, 1.82) is 0 Å². The van der Waals surface area contributed by atoms with Crippen LogP contribution in [-0.4, -0.2) is 21.5 Å². The lowest BCUT2D eigenvalue weighted by Crippen LogP contribution is -2.23. The number of rotatable bonds is 2. The van der Waals surface area contributed by atoms with Crippen molar-refractivity contribution in [2.45, 2.75) is 26.3 Å². The van der Waals surface area contributed by atoms with Crippen molar-refractivity contribution in [2.24, 2.45) is 0 Å². The fourth-order valence-corrected chi connectivity index (χ4v) is 3.03. The molecule has 0 amide bonds. The Bertz CT molecular complexity index is 842. The zero-order valence-electron chi connectivity index (χ0n) is 13.4. The maximum absolute atomic E-state index is 13.7. The fourth-order valence-electron chi connectivity index (χ4n) is 3.03. The zero-order chi connectivity index (χ0) is 16.5. The van der Waals surface area contributed by atoms with Crippen LogP contribution in [0.1, 0.15) is 23.4 Å². The minimum Gasteiger partial charge on any atom is -0.439 e. The first kappa shape index (κ1) is 14.8. The van der Waals surface area contributed by atoms with E-state index in [9.17, 15) is 4.39 Å². The fraction of sp³-hybridized carbons (Fsp3) is 0.278. The average molecular weight is 324 g/mol. The van der Waals surface area contributed by atoms with Crippen molar-refractivity contribution in [3.8, 4) is 11.6 Å². The molecule has 6 heteroatoms. The van der Waals surface area contributed by atoms with E-state index in [1.165, 1.54) is 6.07 Å². The van der Waals surface area contributed by atoms with Crippen LogP contribution in [-0.2, 0) is 13.0 Å². The molecule has 1 aliphatic heterocycles. The van der Waals surface area contributed by atoms with E-state index in [4.69, 9.17) is 4.42 Å². The summed E-state index contributed by atoms with van der Waals surface area (Å²) in [6, 6.07) is 5.11. The van der Waals surface area contributed by atoms with E-state index in [0.717, 1.165) is 42.1 Å². The molecule has 2 aromatic heterocycles. The van der Waals surface area contributed by atoms with Gasteiger partial charge in [0.15, 0.2) is 0 Å². The molecule has 0 unspecified atom stereocenters. The topological polar surface area (TPSA) is 55.1 Å². The van der Waals surface area contributed by atoms with Crippen LogP contribution in [0.3, 0.4) is 0 Å². The Balaban J connectivity index is 1.66. The number of benzene rings is 1. The van der Waals surface area contributed by atoms with Gasteiger partial charge in [-0.1, -0.05) is 0 Å². The Kier molecular flexibility index (Phi) is 3.72. The lowest BCUT2D eigenvalue weighted by Gasteiger charge is -2.22. The summed E-state index contributed by atoms with van der Waals surface area (Å²) in [4.78, 5) is 15.0. The van der Waals surface area contributed by atoms with Crippen LogP contribution in [0.5, 0.6) is 0 Å². The summed E-state index contributed by atoms with van der Waals surface area (Å²) in [7, 11) is 0. The van der Waals surface area contributed by atoms with E-state index in [-0.39, 0.29) is 5.82 Å². The first-order valence-corrected chi connectivity index (χ1v) is 7.96. The lowest BCUT2D eigenvalue weighted by atomic mass is 10.2. The van der Waals surface area contributed by atoms with Crippen LogP contribution in [0.2, 0.25) is 0 Å². The van der Waals surface area contributed by atoms with Crippen LogP contribution >= 0.6 is 0 Å². The minimum absolute atomic E-state index is 0.213. The predicted octanol–water partition coefficient (Wildman–Crippen LogP) is 3.53. The zero-order valence-corrected chi connectivity index (χ0v) is 13.4. The van der Waals surface area contributed by atoms with Crippen LogP contribution in [0, 0.1) is 12.7 Å². The highest BCUT2D eigenvalue weighted by molar-refractivity contribution is 5.51. The second-order valence-corrected chi connectivity index (χ2v) is 5.99. The van der Waals surface area contributed by atoms with Crippen LogP contribution < -0.4 is 4.90 Å². The number of nitrogens with zero attached hydrogens (tertiary/aromatic N) is 4. The number of hydrogen-bond donors (Lipinski definition) is 0. The Morgan fingerprint density at radius 3 is 2.92 bits per heavy atom.